The highest BCUT2D eigenvalue weighted by atomic mass is 19.3. The third kappa shape index (κ3) is 6.71. The highest BCUT2D eigenvalue weighted by Gasteiger charge is 2.13. The first-order valence-electron chi connectivity index (χ1n) is 7.48. The summed E-state index contributed by atoms with van der Waals surface area (Å²) in [6.07, 6.45) is -2.53. The fourth-order valence-corrected chi connectivity index (χ4v) is 1.86. The molecule has 1 unspecified atom stereocenters. The van der Waals surface area contributed by atoms with Crippen LogP contribution in [0.5, 0.6) is 11.5 Å². The Kier molecular flexibility index (Phi) is 7.57. The smallest absolute Gasteiger partial charge is 0.272 e. The Morgan fingerprint density at radius 2 is 1.96 bits per heavy atom. The topological polar surface area (TPSA) is 68.9 Å². The van der Waals surface area contributed by atoms with Crippen LogP contribution in [0.2, 0.25) is 0 Å². The zero-order valence-corrected chi connectivity index (χ0v) is 14.0. The molecule has 1 rings (SSSR count). The minimum atomic E-state index is -2.53. The third-order valence-corrected chi connectivity index (χ3v) is 3.04. The van der Waals surface area contributed by atoms with Gasteiger partial charge in [0.05, 0.1) is 13.2 Å². The lowest BCUT2D eigenvalue weighted by Gasteiger charge is -2.17. The molecular formula is C16H25F2N3O2. The van der Waals surface area contributed by atoms with E-state index in [-0.39, 0.29) is 11.8 Å². The van der Waals surface area contributed by atoms with Crippen molar-refractivity contribution >= 4 is 5.96 Å². The van der Waals surface area contributed by atoms with E-state index in [4.69, 9.17) is 15.2 Å². The van der Waals surface area contributed by atoms with Gasteiger partial charge in [0.25, 0.3) is 6.43 Å². The molecule has 5 nitrogen and oxygen atoms in total. The number of nitrogens with one attached hydrogen (secondary N) is 1. The molecule has 23 heavy (non-hydrogen) atoms. The van der Waals surface area contributed by atoms with Crippen LogP contribution in [-0.4, -0.2) is 32.6 Å². The van der Waals surface area contributed by atoms with Crippen LogP contribution in [-0.2, 0) is 0 Å². The van der Waals surface area contributed by atoms with Gasteiger partial charge in [-0.1, -0.05) is 19.9 Å². The van der Waals surface area contributed by atoms with Crippen LogP contribution < -0.4 is 20.5 Å². The van der Waals surface area contributed by atoms with E-state index in [1.165, 1.54) is 7.11 Å². The maximum absolute atomic E-state index is 12.2. The van der Waals surface area contributed by atoms with Crippen molar-refractivity contribution in [2.24, 2.45) is 16.6 Å². The number of benzene rings is 1. The van der Waals surface area contributed by atoms with E-state index in [1.54, 1.807) is 18.2 Å². The maximum atomic E-state index is 12.2. The van der Waals surface area contributed by atoms with Gasteiger partial charge >= 0.3 is 0 Å². The average Bonchev–Trinajstić information content (AvgIpc) is 2.50. The first-order chi connectivity index (χ1) is 10.8. The largest absolute Gasteiger partial charge is 0.493 e. The number of hydrogen-bond acceptors (Lipinski definition) is 3. The quantitative estimate of drug-likeness (QED) is 0.568. The van der Waals surface area contributed by atoms with Crippen LogP contribution in [0.3, 0.4) is 0 Å². The summed E-state index contributed by atoms with van der Waals surface area (Å²) < 4.78 is 34.7. The summed E-state index contributed by atoms with van der Waals surface area (Å²) in [6, 6.07) is 5.00. The monoisotopic (exact) mass is 329 g/mol. The van der Waals surface area contributed by atoms with Crippen LogP contribution in [0.15, 0.2) is 23.2 Å². The van der Waals surface area contributed by atoms with E-state index in [1.807, 2.05) is 6.92 Å². The molecular weight excluding hydrogens is 304 g/mol. The summed E-state index contributed by atoms with van der Waals surface area (Å²) in [6.45, 7) is 6.02. The number of aliphatic imine (C=N–C) groups is 1. The Labute approximate surface area is 135 Å². The number of hydrogen-bond donors (Lipinski definition) is 2. The molecule has 0 aliphatic rings. The second-order valence-electron chi connectivity index (χ2n) is 5.60. The van der Waals surface area contributed by atoms with Crippen molar-refractivity contribution in [2.75, 3.05) is 20.3 Å². The van der Waals surface area contributed by atoms with Gasteiger partial charge in [0.15, 0.2) is 17.5 Å². The van der Waals surface area contributed by atoms with E-state index in [0.717, 1.165) is 5.56 Å². The molecule has 7 heteroatoms. The molecule has 0 aromatic heterocycles. The van der Waals surface area contributed by atoms with E-state index in [9.17, 15) is 8.78 Å². The van der Waals surface area contributed by atoms with E-state index in [0.29, 0.717) is 24.2 Å². The highest BCUT2D eigenvalue weighted by molar-refractivity contribution is 5.78. The molecule has 0 heterocycles. The average molecular weight is 329 g/mol. The Balaban J connectivity index is 2.77. The molecule has 0 bridgehead atoms. The minimum absolute atomic E-state index is 0.107. The lowest BCUT2D eigenvalue weighted by Crippen LogP contribution is -2.34. The Bertz CT molecular complexity index is 522. The number of alkyl halides is 2. The number of rotatable bonds is 8. The van der Waals surface area contributed by atoms with Crippen LogP contribution in [0.1, 0.15) is 32.4 Å². The SMILES string of the molecule is COc1cc(C(C)NC(N)=NCC(C)C)ccc1OCC(F)F. The van der Waals surface area contributed by atoms with E-state index < -0.39 is 13.0 Å². The van der Waals surface area contributed by atoms with Gasteiger partial charge in [-0.15, -0.1) is 0 Å². The van der Waals surface area contributed by atoms with Crippen molar-refractivity contribution < 1.29 is 18.3 Å². The summed E-state index contributed by atoms with van der Waals surface area (Å²) in [4.78, 5) is 4.24. The van der Waals surface area contributed by atoms with Crippen LogP contribution >= 0.6 is 0 Å². The predicted octanol–water partition coefficient (Wildman–Crippen LogP) is 2.96. The van der Waals surface area contributed by atoms with Crippen LogP contribution in [0, 0.1) is 5.92 Å². The summed E-state index contributed by atoms with van der Waals surface area (Å²) in [5.74, 6) is 1.47. The van der Waals surface area contributed by atoms with Crippen molar-refractivity contribution in [1.82, 2.24) is 5.32 Å². The summed E-state index contributed by atoms with van der Waals surface area (Å²) in [5, 5.41) is 3.08. The first kappa shape index (κ1) is 19.0. The molecule has 1 atom stereocenters. The molecule has 0 fully saturated rings. The first-order valence-corrected chi connectivity index (χ1v) is 7.48. The molecule has 0 spiro atoms. The Hall–Kier alpha value is -2.05. The fraction of sp³-hybridized carbons (Fsp3) is 0.562. The Morgan fingerprint density at radius 3 is 2.52 bits per heavy atom. The van der Waals surface area contributed by atoms with E-state index >= 15 is 0 Å². The molecule has 0 saturated heterocycles. The lowest BCUT2D eigenvalue weighted by atomic mass is 10.1. The zero-order chi connectivity index (χ0) is 17.4. The second-order valence-corrected chi connectivity index (χ2v) is 5.60. The minimum Gasteiger partial charge on any atom is -0.493 e. The number of nitrogens with two attached hydrogens (primary N) is 1. The molecule has 0 amide bonds. The van der Waals surface area contributed by atoms with Crippen molar-refractivity contribution in [1.29, 1.82) is 0 Å². The van der Waals surface area contributed by atoms with Crippen molar-refractivity contribution in [3.8, 4) is 11.5 Å². The summed E-state index contributed by atoms with van der Waals surface area (Å²) in [5.41, 5.74) is 6.72. The number of ether oxygens (including phenoxy) is 2. The predicted molar refractivity (Wildman–Crippen MR) is 87.4 cm³/mol. The standard InChI is InChI=1S/C16H25F2N3O2/c1-10(2)8-20-16(19)21-11(3)12-5-6-13(14(7-12)22-4)23-9-15(17)18/h5-7,10-11,15H,8-9H2,1-4H3,(H3,19,20,21). The molecule has 0 saturated carbocycles. The second kappa shape index (κ2) is 9.17. The number of nitrogens with zero attached hydrogens (tertiary/aromatic N) is 1. The molecule has 0 aliphatic heterocycles. The summed E-state index contributed by atoms with van der Waals surface area (Å²) in [7, 11) is 1.46. The summed E-state index contributed by atoms with van der Waals surface area (Å²) >= 11 is 0. The van der Waals surface area contributed by atoms with Gasteiger partial charge in [0.1, 0.15) is 6.61 Å². The Morgan fingerprint density at radius 1 is 1.26 bits per heavy atom. The van der Waals surface area contributed by atoms with Gasteiger partial charge in [0, 0.05) is 6.54 Å². The molecule has 3 N–H and O–H groups in total. The normalized spacial score (nSPS) is 13.3. The number of halogens is 2. The maximum Gasteiger partial charge on any atom is 0.272 e. The van der Waals surface area contributed by atoms with Crippen molar-refractivity contribution in [3.63, 3.8) is 0 Å². The van der Waals surface area contributed by atoms with Gasteiger partial charge in [-0.3, -0.25) is 4.99 Å². The van der Waals surface area contributed by atoms with Crippen LogP contribution in [0.25, 0.3) is 0 Å². The highest BCUT2D eigenvalue weighted by Crippen LogP contribution is 2.30. The lowest BCUT2D eigenvalue weighted by molar-refractivity contribution is 0.0804. The van der Waals surface area contributed by atoms with Crippen molar-refractivity contribution in [3.05, 3.63) is 23.8 Å². The molecule has 0 aliphatic carbocycles. The van der Waals surface area contributed by atoms with Gasteiger partial charge in [0.2, 0.25) is 0 Å². The molecule has 130 valence electrons. The molecule has 0 radical (unpaired) electrons. The number of guanidine groups is 1. The van der Waals surface area contributed by atoms with Gasteiger partial charge < -0.3 is 20.5 Å². The van der Waals surface area contributed by atoms with Gasteiger partial charge in [-0.2, -0.15) is 0 Å². The molecule has 1 aromatic rings. The zero-order valence-electron chi connectivity index (χ0n) is 14.0. The van der Waals surface area contributed by atoms with Crippen molar-refractivity contribution in [2.45, 2.75) is 33.2 Å². The van der Waals surface area contributed by atoms with Crippen LogP contribution in [0.4, 0.5) is 8.78 Å². The molecule has 1 aromatic carbocycles. The van der Waals surface area contributed by atoms with Gasteiger partial charge in [-0.25, -0.2) is 8.78 Å². The third-order valence-electron chi connectivity index (χ3n) is 3.04. The number of methoxy groups -OCH3 is 1. The van der Waals surface area contributed by atoms with Gasteiger partial charge in [-0.05, 0) is 30.5 Å². The fourth-order valence-electron chi connectivity index (χ4n) is 1.86. The van der Waals surface area contributed by atoms with E-state index in [2.05, 4.69) is 24.2 Å².